The zero-order valence-electron chi connectivity index (χ0n) is 18.0. The Balaban J connectivity index is 1.23. The van der Waals surface area contributed by atoms with Crippen LogP contribution < -0.4 is 0 Å². The summed E-state index contributed by atoms with van der Waals surface area (Å²) in [5, 5.41) is 37.8. The van der Waals surface area contributed by atoms with Crippen LogP contribution in [0.3, 0.4) is 0 Å². The predicted octanol–water partition coefficient (Wildman–Crippen LogP) is 7.92. The van der Waals surface area contributed by atoms with Crippen LogP contribution in [0.2, 0.25) is 0 Å². The topological polar surface area (TPSA) is 149 Å². The van der Waals surface area contributed by atoms with Crippen LogP contribution >= 0.6 is 94.1 Å². The molecule has 4 aliphatic heterocycles. The van der Waals surface area contributed by atoms with Gasteiger partial charge in [-0.3, -0.25) is 0 Å². The van der Waals surface area contributed by atoms with Crippen LogP contribution in [0.5, 0.6) is 0 Å². The largest absolute Gasteiger partial charge is 0.478 e. The van der Waals surface area contributed by atoms with Gasteiger partial charge in [0.2, 0.25) is 0 Å². The SMILES string of the molecule is O=C(O)c1cc2c(cc1C(=O)O)SC1=C(SC(=C3SC4=C(S3)Sc3cc(C(=O)O)c(C(=O)O)cc3S4)S1)S2. The lowest BCUT2D eigenvalue weighted by atomic mass is 10.1. The fourth-order valence-corrected chi connectivity index (χ4v) is 15.5. The first-order chi connectivity index (χ1) is 18.1. The first-order valence-corrected chi connectivity index (χ1v) is 16.6. The molecule has 4 heterocycles. The molecule has 0 fully saturated rings. The third-order valence-electron chi connectivity index (χ3n) is 5.14. The molecule has 4 aliphatic rings. The Hall–Kier alpha value is -1.66. The van der Waals surface area contributed by atoms with Crippen LogP contribution in [-0.4, -0.2) is 44.3 Å². The van der Waals surface area contributed by atoms with E-state index in [1.54, 1.807) is 47.0 Å². The van der Waals surface area contributed by atoms with Gasteiger partial charge < -0.3 is 20.4 Å². The molecule has 0 saturated carbocycles. The molecule has 6 rings (SSSR count). The summed E-state index contributed by atoms with van der Waals surface area (Å²) in [6.45, 7) is 0. The van der Waals surface area contributed by atoms with E-state index in [1.807, 2.05) is 0 Å². The van der Waals surface area contributed by atoms with Crippen molar-refractivity contribution in [2.75, 3.05) is 0 Å². The first kappa shape index (κ1) is 26.6. The highest BCUT2D eigenvalue weighted by atomic mass is 32.3. The van der Waals surface area contributed by atoms with Crippen LogP contribution in [0.1, 0.15) is 41.4 Å². The van der Waals surface area contributed by atoms with Crippen molar-refractivity contribution in [2.45, 2.75) is 19.6 Å². The fourth-order valence-electron chi connectivity index (χ4n) is 3.51. The molecule has 0 bridgehead atoms. The van der Waals surface area contributed by atoms with Crippen LogP contribution in [-0.2, 0) is 0 Å². The standard InChI is InChI=1S/C22H8O8S8/c23-13(24)5-1-9-10(2-6(5)14(25)26)32-18-17(31-9)35-21(36-18)22-37-19-20(38-22)34-12-4-8(16(29)30)7(15(27)28)3-11(12)33-19/h1-4H,(H,23,24)(H,25,26)(H,27,28)(H,29,30). The lowest BCUT2D eigenvalue weighted by molar-refractivity contribution is 0.0651. The number of thioether (sulfide) groups is 8. The lowest BCUT2D eigenvalue weighted by Gasteiger charge is -2.17. The van der Waals surface area contributed by atoms with Gasteiger partial charge in [0.05, 0.1) is 47.7 Å². The van der Waals surface area contributed by atoms with Gasteiger partial charge in [-0.1, -0.05) is 94.1 Å². The number of carboxylic acid groups (broad SMARTS) is 4. The Morgan fingerprint density at radius 3 is 0.737 bits per heavy atom. The van der Waals surface area contributed by atoms with E-state index in [0.29, 0.717) is 19.6 Å². The zero-order chi connectivity index (χ0) is 26.9. The quantitative estimate of drug-likeness (QED) is 0.252. The molecule has 4 N–H and O–H groups in total. The first-order valence-electron chi connectivity index (χ1n) is 10.0. The Kier molecular flexibility index (Phi) is 7.04. The highest BCUT2D eigenvalue weighted by Gasteiger charge is 2.37. The number of aromatic carboxylic acids is 4. The molecule has 0 saturated heterocycles. The maximum absolute atomic E-state index is 11.6. The average Bonchev–Trinajstić information content (AvgIpc) is 3.47. The Morgan fingerprint density at radius 1 is 0.368 bits per heavy atom. The predicted molar refractivity (Wildman–Crippen MR) is 156 cm³/mol. The molecule has 0 atom stereocenters. The monoisotopic (exact) mass is 656 g/mol. The molecule has 2 aromatic rings. The summed E-state index contributed by atoms with van der Waals surface area (Å²) in [5.74, 6) is -5.15. The van der Waals surface area contributed by atoms with E-state index in [-0.39, 0.29) is 22.3 Å². The molecule has 0 amide bonds. The summed E-state index contributed by atoms with van der Waals surface area (Å²) in [6.07, 6.45) is 0. The van der Waals surface area contributed by atoms with Gasteiger partial charge in [0.1, 0.15) is 0 Å². The molecule has 0 aliphatic carbocycles. The second kappa shape index (κ2) is 10.1. The second-order valence-corrected chi connectivity index (χ2v) is 17.3. The smallest absolute Gasteiger partial charge is 0.336 e. The van der Waals surface area contributed by atoms with Gasteiger partial charge in [-0.25, -0.2) is 19.2 Å². The Bertz CT molecular complexity index is 1410. The average molecular weight is 657 g/mol. The van der Waals surface area contributed by atoms with Crippen molar-refractivity contribution in [3.05, 3.63) is 71.9 Å². The number of carbonyl (C=O) groups is 4. The minimum atomic E-state index is -1.29. The minimum Gasteiger partial charge on any atom is -0.478 e. The van der Waals surface area contributed by atoms with Crippen molar-refractivity contribution in [3.8, 4) is 0 Å². The summed E-state index contributed by atoms with van der Waals surface area (Å²) in [5.41, 5.74) is -0.974. The maximum Gasteiger partial charge on any atom is 0.336 e. The van der Waals surface area contributed by atoms with Gasteiger partial charge in [0.15, 0.2) is 0 Å². The highest BCUT2D eigenvalue weighted by molar-refractivity contribution is 8.45. The van der Waals surface area contributed by atoms with Gasteiger partial charge in [-0.2, -0.15) is 0 Å². The molecule has 0 radical (unpaired) electrons. The Morgan fingerprint density at radius 2 is 0.553 bits per heavy atom. The van der Waals surface area contributed by atoms with Crippen molar-refractivity contribution in [2.24, 2.45) is 0 Å². The lowest BCUT2D eigenvalue weighted by Crippen LogP contribution is -2.09. The second-order valence-electron chi connectivity index (χ2n) is 7.45. The van der Waals surface area contributed by atoms with E-state index < -0.39 is 23.9 Å². The van der Waals surface area contributed by atoms with Crippen LogP contribution in [0.4, 0.5) is 0 Å². The van der Waals surface area contributed by atoms with Gasteiger partial charge in [0, 0.05) is 19.6 Å². The number of rotatable bonds is 4. The van der Waals surface area contributed by atoms with Crippen molar-refractivity contribution in [1.29, 1.82) is 0 Å². The van der Waals surface area contributed by atoms with Crippen molar-refractivity contribution in [3.63, 3.8) is 0 Å². The van der Waals surface area contributed by atoms with E-state index in [9.17, 15) is 39.6 Å². The summed E-state index contributed by atoms with van der Waals surface area (Å²) in [6, 6.07) is 5.66. The van der Waals surface area contributed by atoms with Crippen LogP contribution in [0.15, 0.2) is 69.3 Å². The van der Waals surface area contributed by atoms with Crippen molar-refractivity contribution >= 4 is 118 Å². The molecule has 16 heteroatoms. The number of hydrogen-bond donors (Lipinski definition) is 4. The normalized spacial score (nSPS) is 17.7. The molecule has 38 heavy (non-hydrogen) atoms. The maximum atomic E-state index is 11.6. The number of hydrogen-bond acceptors (Lipinski definition) is 12. The van der Waals surface area contributed by atoms with Gasteiger partial charge >= 0.3 is 23.9 Å². The van der Waals surface area contributed by atoms with Crippen LogP contribution in [0, 0.1) is 0 Å². The molecular weight excluding hydrogens is 649 g/mol. The summed E-state index contributed by atoms with van der Waals surface area (Å²) in [4.78, 5) is 49.2. The minimum absolute atomic E-state index is 0.243. The molecule has 0 unspecified atom stereocenters. The molecule has 0 spiro atoms. The number of carboxylic acids is 4. The van der Waals surface area contributed by atoms with E-state index in [2.05, 4.69) is 0 Å². The summed E-state index contributed by atoms with van der Waals surface area (Å²) >= 11 is 12.0. The van der Waals surface area contributed by atoms with E-state index in [0.717, 1.165) is 25.4 Å². The summed E-state index contributed by atoms with van der Waals surface area (Å²) in [7, 11) is 0. The van der Waals surface area contributed by atoms with E-state index in [4.69, 9.17) is 0 Å². The van der Waals surface area contributed by atoms with Gasteiger partial charge in [-0.05, 0) is 24.3 Å². The fraction of sp³-hybridized carbons (Fsp3) is 0. The number of benzene rings is 2. The third-order valence-corrected chi connectivity index (χ3v) is 16.9. The molecule has 8 nitrogen and oxygen atoms in total. The Labute approximate surface area is 247 Å². The molecule has 2 aromatic carbocycles. The summed E-state index contributed by atoms with van der Waals surface area (Å²) < 4.78 is 6.10. The molecule has 0 aromatic heterocycles. The van der Waals surface area contributed by atoms with Crippen molar-refractivity contribution < 1.29 is 39.6 Å². The van der Waals surface area contributed by atoms with E-state index in [1.165, 1.54) is 71.3 Å². The zero-order valence-corrected chi connectivity index (χ0v) is 24.5. The van der Waals surface area contributed by atoms with E-state index >= 15 is 0 Å². The molecular formula is C22H8O8S8. The highest BCUT2D eigenvalue weighted by Crippen LogP contribution is 2.71. The van der Waals surface area contributed by atoms with Crippen molar-refractivity contribution in [1.82, 2.24) is 0 Å². The van der Waals surface area contributed by atoms with Gasteiger partial charge in [0.25, 0.3) is 0 Å². The van der Waals surface area contributed by atoms with Gasteiger partial charge in [-0.15, -0.1) is 0 Å². The number of fused-ring (bicyclic) bond motifs is 2. The molecule has 192 valence electrons. The van der Waals surface area contributed by atoms with Crippen LogP contribution in [0.25, 0.3) is 0 Å². The third kappa shape index (κ3) is 4.68.